The van der Waals surface area contributed by atoms with Gasteiger partial charge in [-0.15, -0.1) is 0 Å². The van der Waals surface area contributed by atoms with Crippen molar-refractivity contribution in [3.63, 3.8) is 0 Å². The van der Waals surface area contributed by atoms with Crippen LogP contribution in [0.2, 0.25) is 0 Å². The van der Waals surface area contributed by atoms with Crippen LogP contribution in [0.1, 0.15) is 0 Å². The lowest BCUT2D eigenvalue weighted by Crippen LogP contribution is -1.79. The average molecular weight is 280 g/mol. The summed E-state index contributed by atoms with van der Waals surface area (Å²) in [7, 11) is 0. The standard InChI is InChI=1S/C10H6BrN3S/c11-8-4-2-1-3-7(8)9-5-14-10(13-9)15-6-12-14/h1-6H. The maximum atomic E-state index is 4.49. The minimum atomic E-state index is 0.917. The van der Waals surface area contributed by atoms with E-state index in [1.807, 2.05) is 30.5 Å². The van der Waals surface area contributed by atoms with Gasteiger partial charge in [0.1, 0.15) is 5.51 Å². The lowest BCUT2D eigenvalue weighted by atomic mass is 10.2. The summed E-state index contributed by atoms with van der Waals surface area (Å²) in [6.07, 6.45) is 1.94. The minimum absolute atomic E-state index is 0.917. The SMILES string of the molecule is Brc1ccccc1-c1cn2ncsc2n1. The number of fused-ring (bicyclic) bond motifs is 1. The fourth-order valence-electron chi connectivity index (χ4n) is 1.44. The molecular formula is C10H6BrN3S. The summed E-state index contributed by atoms with van der Waals surface area (Å²) in [5.74, 6) is 0. The Bertz CT molecular complexity index is 585. The van der Waals surface area contributed by atoms with E-state index in [1.54, 1.807) is 10.0 Å². The van der Waals surface area contributed by atoms with Crippen molar-refractivity contribution in [2.75, 3.05) is 0 Å². The third kappa shape index (κ3) is 1.48. The number of imidazole rings is 1. The topological polar surface area (TPSA) is 30.2 Å². The number of benzene rings is 1. The second-order valence-corrected chi connectivity index (χ2v) is 4.74. The monoisotopic (exact) mass is 279 g/mol. The maximum absolute atomic E-state index is 4.49. The van der Waals surface area contributed by atoms with E-state index in [9.17, 15) is 0 Å². The van der Waals surface area contributed by atoms with Gasteiger partial charge in [0.15, 0.2) is 0 Å². The molecule has 0 spiro atoms. The number of nitrogens with zero attached hydrogens (tertiary/aromatic N) is 3. The molecule has 0 N–H and O–H groups in total. The molecule has 0 fully saturated rings. The molecule has 0 radical (unpaired) electrons. The van der Waals surface area contributed by atoms with Crippen LogP contribution in [0.25, 0.3) is 16.2 Å². The molecule has 0 aliphatic heterocycles. The smallest absolute Gasteiger partial charge is 0.212 e. The number of hydrogen-bond donors (Lipinski definition) is 0. The van der Waals surface area contributed by atoms with E-state index in [4.69, 9.17) is 0 Å². The van der Waals surface area contributed by atoms with Crippen LogP contribution in [-0.2, 0) is 0 Å². The van der Waals surface area contributed by atoms with Gasteiger partial charge in [0.05, 0.1) is 11.9 Å². The van der Waals surface area contributed by atoms with Gasteiger partial charge in [-0.05, 0) is 6.07 Å². The summed E-state index contributed by atoms with van der Waals surface area (Å²) >= 11 is 5.05. The number of hydrogen-bond acceptors (Lipinski definition) is 3. The van der Waals surface area contributed by atoms with E-state index >= 15 is 0 Å². The van der Waals surface area contributed by atoms with E-state index in [2.05, 4.69) is 26.0 Å². The van der Waals surface area contributed by atoms with E-state index in [1.165, 1.54) is 11.3 Å². The highest BCUT2D eigenvalue weighted by atomic mass is 79.9. The quantitative estimate of drug-likeness (QED) is 0.685. The first-order valence-electron chi connectivity index (χ1n) is 4.38. The molecule has 0 aliphatic carbocycles. The van der Waals surface area contributed by atoms with Gasteiger partial charge in [-0.25, -0.2) is 9.50 Å². The van der Waals surface area contributed by atoms with Gasteiger partial charge < -0.3 is 0 Å². The Balaban J connectivity index is 2.22. The summed E-state index contributed by atoms with van der Waals surface area (Å²) in [5, 5.41) is 4.15. The van der Waals surface area contributed by atoms with Gasteiger partial charge in [0.2, 0.25) is 4.96 Å². The molecule has 2 heterocycles. The molecule has 0 atom stereocenters. The van der Waals surface area contributed by atoms with Gasteiger partial charge in [0, 0.05) is 10.0 Å². The van der Waals surface area contributed by atoms with Gasteiger partial charge in [-0.2, -0.15) is 5.10 Å². The van der Waals surface area contributed by atoms with Crippen LogP contribution in [0.4, 0.5) is 0 Å². The van der Waals surface area contributed by atoms with Crippen LogP contribution in [0.5, 0.6) is 0 Å². The molecule has 5 heteroatoms. The third-order valence-corrected chi connectivity index (χ3v) is 3.52. The molecule has 15 heavy (non-hydrogen) atoms. The molecule has 0 unspecified atom stereocenters. The fourth-order valence-corrected chi connectivity index (χ4v) is 2.53. The highest BCUT2D eigenvalue weighted by molar-refractivity contribution is 9.10. The zero-order valence-electron chi connectivity index (χ0n) is 7.59. The number of rotatable bonds is 1. The molecular weight excluding hydrogens is 274 g/mol. The second-order valence-electron chi connectivity index (χ2n) is 3.07. The van der Waals surface area contributed by atoms with E-state index in [0.29, 0.717) is 0 Å². The van der Waals surface area contributed by atoms with Crippen LogP contribution >= 0.6 is 27.3 Å². The molecule has 1 aromatic carbocycles. The Morgan fingerprint density at radius 2 is 2.13 bits per heavy atom. The van der Waals surface area contributed by atoms with E-state index in [0.717, 1.165) is 20.7 Å². The molecule has 3 aromatic rings. The van der Waals surface area contributed by atoms with Gasteiger partial charge >= 0.3 is 0 Å². The summed E-state index contributed by atoms with van der Waals surface area (Å²) < 4.78 is 2.84. The Labute approximate surface area is 98.5 Å². The normalized spacial score (nSPS) is 11.0. The van der Waals surface area contributed by atoms with Gasteiger partial charge in [-0.3, -0.25) is 0 Å². The molecule has 0 amide bonds. The first-order chi connectivity index (χ1) is 7.34. The van der Waals surface area contributed by atoms with Crippen molar-refractivity contribution in [2.24, 2.45) is 0 Å². The van der Waals surface area contributed by atoms with Crippen LogP contribution in [0.15, 0.2) is 40.4 Å². The predicted octanol–water partition coefficient (Wildman–Crippen LogP) is 3.22. The van der Waals surface area contributed by atoms with Crippen LogP contribution in [-0.4, -0.2) is 14.6 Å². The molecule has 3 nitrogen and oxygen atoms in total. The number of aromatic nitrogens is 3. The first kappa shape index (κ1) is 9.06. The highest BCUT2D eigenvalue weighted by Gasteiger charge is 2.07. The van der Waals surface area contributed by atoms with Crippen LogP contribution in [0.3, 0.4) is 0 Å². The molecule has 0 aliphatic rings. The molecule has 74 valence electrons. The molecule has 0 saturated carbocycles. The van der Waals surface area contributed by atoms with Crippen molar-refractivity contribution in [1.82, 2.24) is 14.6 Å². The van der Waals surface area contributed by atoms with Gasteiger partial charge in [0.25, 0.3) is 0 Å². The predicted molar refractivity (Wildman–Crippen MR) is 64.0 cm³/mol. The summed E-state index contributed by atoms with van der Waals surface area (Å²) in [4.78, 5) is 5.41. The lowest BCUT2D eigenvalue weighted by molar-refractivity contribution is 0.974. The molecule has 2 aromatic heterocycles. The zero-order valence-corrected chi connectivity index (χ0v) is 9.99. The largest absolute Gasteiger partial charge is 0.217 e. The fraction of sp³-hybridized carbons (Fsp3) is 0. The first-order valence-corrected chi connectivity index (χ1v) is 6.05. The summed E-state index contributed by atoms with van der Waals surface area (Å²) in [6, 6.07) is 8.04. The zero-order chi connectivity index (χ0) is 10.3. The van der Waals surface area contributed by atoms with Crippen molar-refractivity contribution in [3.05, 3.63) is 40.4 Å². The van der Waals surface area contributed by atoms with E-state index in [-0.39, 0.29) is 0 Å². The summed E-state index contributed by atoms with van der Waals surface area (Å²) in [6.45, 7) is 0. The number of halogens is 1. The molecule has 0 saturated heterocycles. The minimum Gasteiger partial charge on any atom is -0.217 e. The van der Waals surface area contributed by atoms with Crippen molar-refractivity contribution >= 4 is 32.2 Å². The molecule has 0 bridgehead atoms. The molecule has 3 rings (SSSR count). The lowest BCUT2D eigenvalue weighted by Gasteiger charge is -1.98. The third-order valence-electron chi connectivity index (χ3n) is 2.14. The van der Waals surface area contributed by atoms with Gasteiger partial charge in [-0.1, -0.05) is 45.5 Å². The summed E-state index contributed by atoms with van der Waals surface area (Å²) in [5.41, 5.74) is 3.82. The second kappa shape index (κ2) is 3.43. The van der Waals surface area contributed by atoms with Crippen LogP contribution in [0, 0.1) is 0 Å². The van der Waals surface area contributed by atoms with Crippen molar-refractivity contribution in [2.45, 2.75) is 0 Å². The maximum Gasteiger partial charge on any atom is 0.212 e. The Morgan fingerprint density at radius 1 is 1.27 bits per heavy atom. The average Bonchev–Trinajstić information content (AvgIpc) is 2.77. The van der Waals surface area contributed by atoms with Crippen LogP contribution < -0.4 is 0 Å². The van der Waals surface area contributed by atoms with Crippen molar-refractivity contribution in [3.8, 4) is 11.3 Å². The Morgan fingerprint density at radius 3 is 2.93 bits per heavy atom. The highest BCUT2D eigenvalue weighted by Crippen LogP contribution is 2.27. The van der Waals surface area contributed by atoms with E-state index < -0.39 is 0 Å². The van der Waals surface area contributed by atoms with Crippen molar-refractivity contribution in [1.29, 1.82) is 0 Å². The van der Waals surface area contributed by atoms with Crippen molar-refractivity contribution < 1.29 is 0 Å². The Hall–Kier alpha value is -1.20. The Kier molecular flexibility index (Phi) is 2.07.